The summed E-state index contributed by atoms with van der Waals surface area (Å²) in [5, 5.41) is 9.79. The molecule has 3 amide bonds. The number of hydrogen-bond acceptors (Lipinski definition) is 6. The van der Waals surface area contributed by atoms with Gasteiger partial charge in [-0.25, -0.2) is 4.98 Å². The Labute approximate surface area is 221 Å². The molecule has 0 saturated heterocycles. The summed E-state index contributed by atoms with van der Waals surface area (Å²) in [6, 6.07) is 4.89. The zero-order chi connectivity index (χ0) is 25.8. The fraction of sp³-hybridized carbons (Fsp3) is 0.538. The van der Waals surface area contributed by atoms with Crippen molar-refractivity contribution in [3.63, 3.8) is 0 Å². The Hall–Kier alpha value is -2.65. The van der Waals surface area contributed by atoms with Gasteiger partial charge in [0.1, 0.15) is 6.04 Å². The van der Waals surface area contributed by atoms with Crippen molar-refractivity contribution < 1.29 is 14.4 Å². The summed E-state index contributed by atoms with van der Waals surface area (Å²) in [5.74, 6) is -0.0597. The molecule has 4 rings (SSSR count). The van der Waals surface area contributed by atoms with Gasteiger partial charge < -0.3 is 20.9 Å². The predicted octanol–water partition coefficient (Wildman–Crippen LogP) is 4.63. The molecule has 2 aliphatic rings. The number of carbonyl (C=O) groups excluding carboxylic acids is 3. The first-order valence-corrected chi connectivity index (χ1v) is 13.8. The lowest BCUT2D eigenvalue weighted by Gasteiger charge is -2.21. The Kier molecular flexibility index (Phi) is 8.51. The van der Waals surface area contributed by atoms with Crippen LogP contribution in [0.25, 0.3) is 0 Å². The van der Waals surface area contributed by atoms with Crippen LogP contribution in [-0.4, -0.2) is 53.8 Å². The van der Waals surface area contributed by atoms with E-state index in [1.165, 1.54) is 35.3 Å². The Morgan fingerprint density at radius 3 is 2.56 bits per heavy atom. The van der Waals surface area contributed by atoms with E-state index in [9.17, 15) is 14.4 Å². The van der Waals surface area contributed by atoms with Crippen LogP contribution in [0.1, 0.15) is 82.9 Å². The normalized spacial score (nSPS) is 17.3. The number of pyridine rings is 1. The SMILES string of the molecule is C[C@H](Nc1cc(Cl)cnc1C(=O)N(C)C)c1ccc(C(=O)N[C@@H](CC2CCCC2)C(=O)NC2CC2)s1. The van der Waals surface area contributed by atoms with Gasteiger partial charge in [0.15, 0.2) is 5.69 Å². The number of nitrogens with zero attached hydrogens (tertiary/aromatic N) is 2. The molecule has 2 atom stereocenters. The molecule has 2 fully saturated rings. The molecular weight excluding hydrogens is 498 g/mol. The average molecular weight is 532 g/mol. The van der Waals surface area contributed by atoms with Gasteiger partial charge in [-0.3, -0.25) is 14.4 Å². The Bertz CT molecular complexity index is 1110. The standard InChI is InChI=1S/C26H34ClN5O3S/c1-15(29-19-13-17(27)14-28-23(19)26(35)32(2)3)21-10-11-22(36-21)25(34)31-20(12-16-6-4-5-7-16)24(33)30-18-8-9-18/h10-11,13-16,18,20,29H,4-9,12H2,1-3H3,(H,30,33)(H,31,34)/t15-,20-/m0/s1. The van der Waals surface area contributed by atoms with E-state index in [1.807, 2.05) is 13.0 Å². The third-order valence-electron chi connectivity index (χ3n) is 6.70. The number of amides is 3. The summed E-state index contributed by atoms with van der Waals surface area (Å²) >= 11 is 7.50. The van der Waals surface area contributed by atoms with Crippen molar-refractivity contribution >= 4 is 46.3 Å². The van der Waals surface area contributed by atoms with Crippen molar-refractivity contribution in [1.82, 2.24) is 20.5 Å². The van der Waals surface area contributed by atoms with Crippen LogP contribution in [0.15, 0.2) is 24.4 Å². The number of anilines is 1. The summed E-state index contributed by atoms with van der Waals surface area (Å²) in [5.41, 5.74) is 0.809. The first-order chi connectivity index (χ1) is 17.2. The highest BCUT2D eigenvalue weighted by Gasteiger charge is 2.31. The van der Waals surface area contributed by atoms with Crippen LogP contribution in [0.4, 0.5) is 5.69 Å². The highest BCUT2D eigenvalue weighted by Crippen LogP contribution is 2.31. The van der Waals surface area contributed by atoms with Crippen LogP contribution >= 0.6 is 22.9 Å². The number of halogens is 1. The van der Waals surface area contributed by atoms with Crippen LogP contribution < -0.4 is 16.0 Å². The lowest BCUT2D eigenvalue weighted by atomic mass is 9.97. The van der Waals surface area contributed by atoms with Gasteiger partial charge in [-0.1, -0.05) is 37.3 Å². The lowest BCUT2D eigenvalue weighted by molar-refractivity contribution is -0.123. The first kappa shape index (κ1) is 26.4. The molecule has 2 aromatic heterocycles. The molecular formula is C26H34ClN5O3S. The van der Waals surface area contributed by atoms with Gasteiger partial charge in [-0.15, -0.1) is 11.3 Å². The third-order valence-corrected chi connectivity index (χ3v) is 8.18. The van der Waals surface area contributed by atoms with E-state index in [4.69, 9.17) is 11.6 Å². The van der Waals surface area contributed by atoms with Gasteiger partial charge in [0.25, 0.3) is 11.8 Å². The van der Waals surface area contributed by atoms with Gasteiger partial charge in [-0.2, -0.15) is 0 Å². The summed E-state index contributed by atoms with van der Waals surface area (Å²) in [7, 11) is 3.34. The van der Waals surface area contributed by atoms with Crippen molar-refractivity contribution in [2.24, 2.45) is 5.92 Å². The molecule has 3 N–H and O–H groups in total. The molecule has 0 aliphatic heterocycles. The molecule has 0 aromatic carbocycles. The van der Waals surface area contributed by atoms with Gasteiger partial charge in [0, 0.05) is 31.2 Å². The molecule has 8 nitrogen and oxygen atoms in total. The minimum atomic E-state index is -0.514. The van der Waals surface area contributed by atoms with Crippen molar-refractivity contribution in [2.45, 2.75) is 70.0 Å². The number of thiophene rings is 1. The van der Waals surface area contributed by atoms with E-state index >= 15 is 0 Å². The monoisotopic (exact) mass is 531 g/mol. The molecule has 0 spiro atoms. The van der Waals surface area contributed by atoms with Crippen molar-refractivity contribution in [3.8, 4) is 0 Å². The highest BCUT2D eigenvalue weighted by molar-refractivity contribution is 7.14. The molecule has 36 heavy (non-hydrogen) atoms. The topological polar surface area (TPSA) is 103 Å². The van der Waals surface area contributed by atoms with Gasteiger partial charge in [0.05, 0.1) is 21.6 Å². The molecule has 2 aliphatic carbocycles. The maximum atomic E-state index is 13.1. The van der Waals surface area contributed by atoms with Crippen LogP contribution in [0, 0.1) is 5.92 Å². The number of hydrogen-bond donors (Lipinski definition) is 3. The lowest BCUT2D eigenvalue weighted by Crippen LogP contribution is -2.48. The fourth-order valence-corrected chi connectivity index (χ4v) is 5.58. The summed E-state index contributed by atoms with van der Waals surface area (Å²) in [6.45, 7) is 1.95. The van der Waals surface area contributed by atoms with E-state index < -0.39 is 6.04 Å². The van der Waals surface area contributed by atoms with Crippen LogP contribution in [-0.2, 0) is 4.79 Å². The molecule has 2 saturated carbocycles. The largest absolute Gasteiger partial charge is 0.376 e. The second-order valence-corrected chi connectivity index (χ2v) is 11.6. The molecule has 0 bridgehead atoms. The molecule has 2 aromatic rings. The van der Waals surface area contributed by atoms with Gasteiger partial charge in [-0.05, 0) is 50.3 Å². The Balaban J connectivity index is 1.43. The highest BCUT2D eigenvalue weighted by atomic mass is 35.5. The molecule has 0 unspecified atom stereocenters. The van der Waals surface area contributed by atoms with E-state index in [-0.39, 0.29) is 35.5 Å². The predicted molar refractivity (Wildman–Crippen MR) is 143 cm³/mol. The molecule has 2 heterocycles. The van der Waals surface area contributed by atoms with E-state index in [1.54, 1.807) is 26.2 Å². The van der Waals surface area contributed by atoms with E-state index in [0.717, 1.165) is 30.6 Å². The average Bonchev–Trinajstić information content (AvgIpc) is 3.29. The zero-order valence-electron chi connectivity index (χ0n) is 21.0. The van der Waals surface area contributed by atoms with E-state index in [0.29, 0.717) is 27.9 Å². The maximum absolute atomic E-state index is 13.1. The quantitative estimate of drug-likeness (QED) is 0.415. The summed E-state index contributed by atoms with van der Waals surface area (Å²) < 4.78 is 0. The fourth-order valence-electron chi connectivity index (χ4n) is 4.51. The molecule has 10 heteroatoms. The van der Waals surface area contributed by atoms with E-state index in [2.05, 4.69) is 20.9 Å². The Morgan fingerprint density at radius 1 is 1.17 bits per heavy atom. The van der Waals surface area contributed by atoms with Crippen molar-refractivity contribution in [2.75, 3.05) is 19.4 Å². The number of carbonyl (C=O) groups is 3. The third kappa shape index (κ3) is 6.76. The number of nitrogens with one attached hydrogen (secondary N) is 3. The number of aromatic nitrogens is 1. The number of rotatable bonds is 10. The molecule has 0 radical (unpaired) electrons. The zero-order valence-corrected chi connectivity index (χ0v) is 22.5. The summed E-state index contributed by atoms with van der Waals surface area (Å²) in [6.07, 6.45) is 8.78. The van der Waals surface area contributed by atoms with Gasteiger partial charge in [0.2, 0.25) is 5.91 Å². The molecule has 194 valence electrons. The second-order valence-electron chi connectivity index (χ2n) is 10.0. The summed E-state index contributed by atoms with van der Waals surface area (Å²) in [4.78, 5) is 45.6. The van der Waals surface area contributed by atoms with Crippen LogP contribution in [0.5, 0.6) is 0 Å². The van der Waals surface area contributed by atoms with Crippen LogP contribution in [0.3, 0.4) is 0 Å². The van der Waals surface area contributed by atoms with Crippen molar-refractivity contribution in [3.05, 3.63) is 44.9 Å². The first-order valence-electron chi connectivity index (χ1n) is 12.6. The smallest absolute Gasteiger partial charge is 0.274 e. The maximum Gasteiger partial charge on any atom is 0.274 e. The van der Waals surface area contributed by atoms with Crippen molar-refractivity contribution in [1.29, 1.82) is 0 Å². The van der Waals surface area contributed by atoms with Crippen LogP contribution in [0.2, 0.25) is 5.02 Å². The van der Waals surface area contributed by atoms with Gasteiger partial charge >= 0.3 is 0 Å². The minimum absolute atomic E-state index is 0.0730. The second kappa shape index (κ2) is 11.6. The minimum Gasteiger partial charge on any atom is -0.376 e. The Morgan fingerprint density at radius 2 is 1.89 bits per heavy atom.